The summed E-state index contributed by atoms with van der Waals surface area (Å²) in [5.74, 6) is 1.28. The number of aryl methyl sites for hydroxylation is 1. The summed E-state index contributed by atoms with van der Waals surface area (Å²) in [6.45, 7) is 0. The molecule has 0 N–H and O–H groups in total. The van der Waals surface area contributed by atoms with E-state index < -0.39 is 0 Å². The van der Waals surface area contributed by atoms with Crippen molar-refractivity contribution in [1.82, 2.24) is 10.1 Å². The molecule has 3 nitrogen and oxygen atoms in total. The molecule has 3 rings (SSSR count). The summed E-state index contributed by atoms with van der Waals surface area (Å²) in [4.78, 5) is 4.38. The van der Waals surface area contributed by atoms with E-state index in [9.17, 15) is 0 Å². The molecule has 0 saturated carbocycles. The van der Waals surface area contributed by atoms with Gasteiger partial charge in [-0.25, -0.2) is 0 Å². The molecule has 1 aromatic carbocycles. The lowest BCUT2D eigenvalue weighted by Gasteiger charge is -2.03. The Balaban J connectivity index is 2.16. The molecule has 0 aliphatic carbocycles. The molecule has 0 unspecified atom stereocenters. The van der Waals surface area contributed by atoms with Crippen LogP contribution in [0.1, 0.15) is 5.76 Å². The van der Waals surface area contributed by atoms with E-state index in [-0.39, 0.29) is 0 Å². The monoisotopic (exact) mass is 292 g/mol. The number of nitrogens with zero attached hydrogens (tertiary/aromatic N) is 2. The molecule has 96 valence electrons. The highest BCUT2D eigenvalue weighted by Gasteiger charge is 2.12. The zero-order valence-corrected chi connectivity index (χ0v) is 11.4. The Morgan fingerprint density at radius 2 is 2.11 bits per heavy atom. The summed E-state index contributed by atoms with van der Waals surface area (Å²) < 4.78 is 5.24. The van der Waals surface area contributed by atoms with Crippen molar-refractivity contribution in [1.29, 1.82) is 0 Å². The SMILES string of the molecule is ClCCc1cc(-c2ccc(Cl)c3cccnc23)no1. The standard InChI is InChI=1S/C14H10Cl2N2O/c15-6-5-9-8-13(18-19-9)11-3-4-12(16)10-2-1-7-17-14(10)11/h1-4,7-8H,5-6H2. The minimum Gasteiger partial charge on any atom is -0.361 e. The smallest absolute Gasteiger partial charge is 0.138 e. The highest BCUT2D eigenvalue weighted by atomic mass is 35.5. The van der Waals surface area contributed by atoms with E-state index in [2.05, 4.69) is 10.1 Å². The first-order valence-electron chi connectivity index (χ1n) is 5.85. The zero-order chi connectivity index (χ0) is 13.2. The maximum absolute atomic E-state index is 6.17. The van der Waals surface area contributed by atoms with Crippen molar-refractivity contribution in [2.45, 2.75) is 6.42 Å². The van der Waals surface area contributed by atoms with Crippen LogP contribution in [0.25, 0.3) is 22.2 Å². The topological polar surface area (TPSA) is 38.9 Å². The van der Waals surface area contributed by atoms with Crippen molar-refractivity contribution in [3.8, 4) is 11.3 Å². The van der Waals surface area contributed by atoms with Crippen molar-refractivity contribution >= 4 is 34.1 Å². The number of benzene rings is 1. The second-order valence-electron chi connectivity index (χ2n) is 4.11. The molecule has 19 heavy (non-hydrogen) atoms. The van der Waals surface area contributed by atoms with Gasteiger partial charge in [0, 0.05) is 35.5 Å². The lowest BCUT2D eigenvalue weighted by atomic mass is 10.1. The summed E-state index contributed by atoms with van der Waals surface area (Å²) in [6, 6.07) is 9.43. The van der Waals surface area contributed by atoms with Gasteiger partial charge >= 0.3 is 0 Å². The molecular weight excluding hydrogens is 283 g/mol. The van der Waals surface area contributed by atoms with Crippen LogP contribution in [-0.2, 0) is 6.42 Å². The molecule has 0 aliphatic rings. The fraction of sp³-hybridized carbons (Fsp3) is 0.143. The van der Waals surface area contributed by atoms with Gasteiger partial charge in [-0.05, 0) is 24.3 Å². The molecule has 2 heterocycles. The van der Waals surface area contributed by atoms with Crippen LogP contribution in [0.4, 0.5) is 0 Å². The van der Waals surface area contributed by atoms with Gasteiger partial charge in [0.2, 0.25) is 0 Å². The van der Waals surface area contributed by atoms with Gasteiger partial charge in [0.25, 0.3) is 0 Å². The van der Waals surface area contributed by atoms with Crippen LogP contribution in [0.3, 0.4) is 0 Å². The van der Waals surface area contributed by atoms with E-state index in [1.165, 1.54) is 0 Å². The Morgan fingerprint density at radius 3 is 2.95 bits per heavy atom. The molecule has 0 radical (unpaired) electrons. The average molecular weight is 293 g/mol. The van der Waals surface area contributed by atoms with Crippen LogP contribution in [0, 0.1) is 0 Å². The number of fused-ring (bicyclic) bond motifs is 1. The quantitative estimate of drug-likeness (QED) is 0.675. The third-order valence-corrected chi connectivity index (χ3v) is 3.41. The van der Waals surface area contributed by atoms with Crippen molar-refractivity contribution in [3.63, 3.8) is 0 Å². The van der Waals surface area contributed by atoms with E-state index in [4.69, 9.17) is 27.7 Å². The number of hydrogen-bond donors (Lipinski definition) is 0. The first kappa shape index (κ1) is 12.5. The van der Waals surface area contributed by atoms with Crippen molar-refractivity contribution in [2.75, 3.05) is 5.88 Å². The second-order valence-corrected chi connectivity index (χ2v) is 4.90. The lowest BCUT2D eigenvalue weighted by Crippen LogP contribution is -1.85. The van der Waals surface area contributed by atoms with E-state index in [1.807, 2.05) is 30.3 Å². The normalized spacial score (nSPS) is 11.1. The van der Waals surface area contributed by atoms with E-state index in [0.717, 1.165) is 27.9 Å². The Kier molecular flexibility index (Phi) is 3.40. The van der Waals surface area contributed by atoms with Crippen LogP contribution < -0.4 is 0 Å². The van der Waals surface area contributed by atoms with Gasteiger partial charge < -0.3 is 4.52 Å². The summed E-state index contributed by atoms with van der Waals surface area (Å²) >= 11 is 11.9. The maximum atomic E-state index is 6.17. The number of hydrogen-bond acceptors (Lipinski definition) is 3. The largest absolute Gasteiger partial charge is 0.361 e. The zero-order valence-electron chi connectivity index (χ0n) is 9.94. The molecule has 0 atom stereocenters. The first-order valence-corrected chi connectivity index (χ1v) is 6.76. The van der Waals surface area contributed by atoms with Gasteiger partial charge in [-0.2, -0.15) is 0 Å². The highest BCUT2D eigenvalue weighted by molar-refractivity contribution is 6.35. The first-order chi connectivity index (χ1) is 9.29. The van der Waals surface area contributed by atoms with Crippen molar-refractivity contribution in [2.24, 2.45) is 0 Å². The minimum atomic E-state index is 0.508. The number of alkyl halides is 1. The lowest BCUT2D eigenvalue weighted by molar-refractivity contribution is 0.389. The molecule has 0 spiro atoms. The average Bonchev–Trinajstić information content (AvgIpc) is 2.88. The van der Waals surface area contributed by atoms with E-state index >= 15 is 0 Å². The molecule has 0 aliphatic heterocycles. The van der Waals surface area contributed by atoms with Gasteiger partial charge in [0.05, 0.1) is 10.5 Å². The van der Waals surface area contributed by atoms with Gasteiger partial charge in [-0.15, -0.1) is 11.6 Å². The summed E-state index contributed by atoms with van der Waals surface area (Å²) in [5.41, 5.74) is 2.48. The van der Waals surface area contributed by atoms with Crippen molar-refractivity contribution < 1.29 is 4.52 Å². The van der Waals surface area contributed by atoms with E-state index in [1.54, 1.807) is 6.20 Å². The molecule has 0 saturated heterocycles. The van der Waals surface area contributed by atoms with Gasteiger partial charge in [-0.3, -0.25) is 4.98 Å². The number of rotatable bonds is 3. The number of halogens is 2. The fourth-order valence-electron chi connectivity index (χ4n) is 2.00. The molecule has 3 aromatic rings. The number of aromatic nitrogens is 2. The fourth-order valence-corrected chi connectivity index (χ4v) is 2.40. The van der Waals surface area contributed by atoms with Gasteiger partial charge in [-0.1, -0.05) is 16.8 Å². The predicted octanol–water partition coefficient (Wildman–Crippen LogP) is 4.32. The van der Waals surface area contributed by atoms with E-state index in [0.29, 0.717) is 17.3 Å². The molecule has 2 aromatic heterocycles. The van der Waals surface area contributed by atoms with Gasteiger partial charge in [0.1, 0.15) is 11.5 Å². The van der Waals surface area contributed by atoms with Crippen LogP contribution in [-0.4, -0.2) is 16.0 Å². The second kappa shape index (κ2) is 5.19. The van der Waals surface area contributed by atoms with Gasteiger partial charge in [0.15, 0.2) is 0 Å². The minimum absolute atomic E-state index is 0.508. The van der Waals surface area contributed by atoms with Crippen LogP contribution in [0.5, 0.6) is 0 Å². The summed E-state index contributed by atoms with van der Waals surface area (Å²) in [7, 11) is 0. The third kappa shape index (κ3) is 2.31. The predicted molar refractivity (Wildman–Crippen MR) is 76.7 cm³/mol. The summed E-state index contributed by atoms with van der Waals surface area (Å²) in [5, 5.41) is 5.65. The highest BCUT2D eigenvalue weighted by Crippen LogP contribution is 2.31. The molecular formula is C14H10Cl2N2O. The maximum Gasteiger partial charge on any atom is 0.138 e. The van der Waals surface area contributed by atoms with Crippen LogP contribution in [0.2, 0.25) is 5.02 Å². The Morgan fingerprint density at radius 1 is 1.21 bits per heavy atom. The number of pyridine rings is 1. The van der Waals surface area contributed by atoms with Crippen LogP contribution in [0.15, 0.2) is 41.1 Å². The molecule has 0 amide bonds. The Labute approximate surface area is 120 Å². The Hall–Kier alpha value is -1.58. The van der Waals surface area contributed by atoms with Crippen molar-refractivity contribution in [3.05, 3.63) is 47.3 Å². The summed E-state index contributed by atoms with van der Waals surface area (Å²) in [6.07, 6.45) is 2.40. The molecule has 0 bridgehead atoms. The van der Waals surface area contributed by atoms with Crippen LogP contribution >= 0.6 is 23.2 Å². The third-order valence-electron chi connectivity index (χ3n) is 2.89. The Bertz CT molecular complexity index is 724. The molecule has 0 fully saturated rings. The molecule has 5 heteroatoms.